The Morgan fingerprint density at radius 3 is 2.80 bits per heavy atom. The fraction of sp³-hybridized carbons (Fsp3) is 0.375. The van der Waals surface area contributed by atoms with Crippen LogP contribution in [0.1, 0.15) is 48.8 Å². The summed E-state index contributed by atoms with van der Waals surface area (Å²) in [6.07, 6.45) is 3.64. The average molecular weight is 402 g/mol. The van der Waals surface area contributed by atoms with Gasteiger partial charge in [0.2, 0.25) is 0 Å². The number of ether oxygens (including phenoxy) is 1. The summed E-state index contributed by atoms with van der Waals surface area (Å²) in [5, 5.41) is 10.3. The van der Waals surface area contributed by atoms with E-state index < -0.39 is 0 Å². The van der Waals surface area contributed by atoms with E-state index in [1.54, 1.807) is 22.7 Å². The Labute approximate surface area is 176 Å². The molecule has 1 atom stereocenters. The Morgan fingerprint density at radius 1 is 1.33 bits per heavy atom. The lowest BCUT2D eigenvalue weighted by atomic mass is 9.86. The van der Waals surface area contributed by atoms with Crippen LogP contribution in [0.25, 0.3) is 10.9 Å². The molecule has 1 unspecified atom stereocenters. The molecule has 1 fully saturated rings. The maximum Gasteiger partial charge on any atom is 0.274 e. The van der Waals surface area contributed by atoms with Crippen molar-refractivity contribution in [2.24, 2.45) is 0 Å². The lowest BCUT2D eigenvalue weighted by Gasteiger charge is -2.35. The summed E-state index contributed by atoms with van der Waals surface area (Å²) in [6, 6.07) is 15.6. The van der Waals surface area contributed by atoms with Crippen molar-refractivity contribution in [3.05, 3.63) is 60.0 Å². The summed E-state index contributed by atoms with van der Waals surface area (Å²) in [5.41, 5.74) is 2.95. The largest absolute Gasteiger partial charge is 0.376 e. The van der Waals surface area contributed by atoms with Crippen LogP contribution in [0, 0.1) is 11.3 Å². The van der Waals surface area contributed by atoms with Crippen molar-refractivity contribution in [3.63, 3.8) is 0 Å². The van der Waals surface area contributed by atoms with Crippen molar-refractivity contribution < 1.29 is 9.53 Å². The summed E-state index contributed by atoms with van der Waals surface area (Å²) < 4.78 is 7.59. The first-order chi connectivity index (χ1) is 14.4. The summed E-state index contributed by atoms with van der Waals surface area (Å²) in [6.45, 7) is 5.03. The molecule has 4 rings (SSSR count). The molecule has 1 amide bonds. The highest BCUT2D eigenvalue weighted by molar-refractivity contribution is 6.07. The standard InChI is InChI=1S/C24H26N4O2/c1-24(2)15-17(9-12-30-24)20-13-18-14-21(28(11-10-25)22(18)16-26-20)23(29)27(3)19-7-5-4-6-8-19/h4-8,13-14,16-17H,9,11-12,15H2,1-3H3. The number of hydrogen-bond acceptors (Lipinski definition) is 4. The minimum absolute atomic E-state index is 0.0958. The Hall–Kier alpha value is -3.17. The summed E-state index contributed by atoms with van der Waals surface area (Å²) in [4.78, 5) is 19.6. The number of amides is 1. The quantitative estimate of drug-likeness (QED) is 0.644. The number of carbonyl (C=O) groups excluding carboxylic acids is 1. The number of pyridine rings is 1. The predicted molar refractivity (Wildman–Crippen MR) is 117 cm³/mol. The SMILES string of the molecule is CN(C(=O)c1cc2cc(C3CCOC(C)(C)C3)ncc2n1CC#N)c1ccccc1. The molecule has 6 heteroatoms. The van der Waals surface area contributed by atoms with Crippen molar-refractivity contribution in [2.45, 2.75) is 44.8 Å². The van der Waals surface area contributed by atoms with Gasteiger partial charge in [-0.2, -0.15) is 5.26 Å². The van der Waals surface area contributed by atoms with Gasteiger partial charge in [-0.15, -0.1) is 0 Å². The highest BCUT2D eigenvalue weighted by atomic mass is 16.5. The fourth-order valence-corrected chi connectivity index (χ4v) is 4.24. The average Bonchev–Trinajstić information content (AvgIpc) is 3.10. The summed E-state index contributed by atoms with van der Waals surface area (Å²) >= 11 is 0. The number of aromatic nitrogens is 2. The molecule has 0 spiro atoms. The highest BCUT2D eigenvalue weighted by Crippen LogP contribution is 2.36. The second-order valence-electron chi connectivity index (χ2n) is 8.44. The van der Waals surface area contributed by atoms with E-state index >= 15 is 0 Å². The van der Waals surface area contributed by atoms with E-state index in [4.69, 9.17) is 9.72 Å². The lowest BCUT2D eigenvalue weighted by molar-refractivity contribution is -0.0597. The van der Waals surface area contributed by atoms with Gasteiger partial charge >= 0.3 is 0 Å². The van der Waals surface area contributed by atoms with Crippen LogP contribution in [0.15, 0.2) is 48.7 Å². The Balaban J connectivity index is 1.72. The first-order valence-electron chi connectivity index (χ1n) is 10.2. The molecule has 3 heterocycles. The van der Waals surface area contributed by atoms with E-state index in [1.165, 1.54) is 0 Å². The Kier molecular flexibility index (Phi) is 5.31. The Morgan fingerprint density at radius 2 is 2.10 bits per heavy atom. The van der Waals surface area contributed by atoms with Crippen molar-refractivity contribution in [2.75, 3.05) is 18.6 Å². The number of para-hydroxylation sites is 1. The third kappa shape index (κ3) is 3.81. The van der Waals surface area contributed by atoms with E-state index in [-0.39, 0.29) is 18.1 Å². The smallest absolute Gasteiger partial charge is 0.274 e. The molecule has 0 aliphatic carbocycles. The van der Waals surface area contributed by atoms with Gasteiger partial charge < -0.3 is 14.2 Å². The molecule has 2 aromatic heterocycles. The number of nitrogens with zero attached hydrogens (tertiary/aromatic N) is 4. The maximum atomic E-state index is 13.2. The molecule has 3 aromatic rings. The van der Waals surface area contributed by atoms with Gasteiger partial charge in [0.25, 0.3) is 5.91 Å². The second kappa shape index (κ2) is 7.92. The number of benzene rings is 1. The van der Waals surface area contributed by atoms with Gasteiger partial charge in [-0.25, -0.2) is 0 Å². The van der Waals surface area contributed by atoms with E-state index in [9.17, 15) is 10.1 Å². The van der Waals surface area contributed by atoms with Crippen molar-refractivity contribution in [1.82, 2.24) is 9.55 Å². The van der Waals surface area contributed by atoms with Crippen LogP contribution in [0.4, 0.5) is 5.69 Å². The van der Waals surface area contributed by atoms with E-state index in [0.29, 0.717) is 11.6 Å². The third-order valence-electron chi connectivity index (χ3n) is 5.82. The maximum absolute atomic E-state index is 13.2. The zero-order chi connectivity index (χ0) is 21.3. The third-order valence-corrected chi connectivity index (χ3v) is 5.82. The van der Waals surface area contributed by atoms with Crippen LogP contribution in [-0.4, -0.2) is 34.7 Å². The zero-order valence-corrected chi connectivity index (χ0v) is 17.6. The molecular formula is C24H26N4O2. The molecule has 1 saturated heterocycles. The first kappa shape index (κ1) is 20.1. The second-order valence-corrected chi connectivity index (χ2v) is 8.44. The molecule has 1 aliphatic heterocycles. The minimum atomic E-state index is -0.161. The number of anilines is 1. The molecule has 1 aliphatic rings. The van der Waals surface area contributed by atoms with Crippen LogP contribution in [0.2, 0.25) is 0 Å². The monoisotopic (exact) mass is 402 g/mol. The van der Waals surface area contributed by atoms with Gasteiger partial charge in [0.1, 0.15) is 12.2 Å². The van der Waals surface area contributed by atoms with Gasteiger partial charge in [0.05, 0.1) is 23.4 Å². The molecule has 1 aromatic carbocycles. The number of carbonyl (C=O) groups is 1. The van der Waals surface area contributed by atoms with Crippen LogP contribution in [0.5, 0.6) is 0 Å². The van der Waals surface area contributed by atoms with Gasteiger partial charge in [-0.05, 0) is 51.0 Å². The summed E-state index contributed by atoms with van der Waals surface area (Å²) in [5.74, 6) is 0.171. The topological polar surface area (TPSA) is 71.2 Å². The number of rotatable bonds is 4. The van der Waals surface area contributed by atoms with Crippen LogP contribution < -0.4 is 4.90 Å². The number of fused-ring (bicyclic) bond motifs is 1. The molecule has 154 valence electrons. The minimum Gasteiger partial charge on any atom is -0.376 e. The fourth-order valence-electron chi connectivity index (χ4n) is 4.24. The van der Waals surface area contributed by atoms with Crippen LogP contribution in [0.3, 0.4) is 0 Å². The molecule has 0 saturated carbocycles. The van der Waals surface area contributed by atoms with Crippen LogP contribution >= 0.6 is 0 Å². The molecule has 0 N–H and O–H groups in total. The molecule has 0 radical (unpaired) electrons. The Bertz CT molecular complexity index is 1110. The van der Waals surface area contributed by atoms with Crippen molar-refractivity contribution >= 4 is 22.5 Å². The van der Waals surface area contributed by atoms with Crippen molar-refractivity contribution in [1.29, 1.82) is 5.26 Å². The van der Waals surface area contributed by atoms with Gasteiger partial charge in [-0.1, -0.05) is 18.2 Å². The van der Waals surface area contributed by atoms with E-state index in [1.807, 2.05) is 36.4 Å². The first-order valence-corrected chi connectivity index (χ1v) is 10.2. The zero-order valence-electron chi connectivity index (χ0n) is 17.6. The molecular weight excluding hydrogens is 376 g/mol. The van der Waals surface area contributed by atoms with E-state index in [0.717, 1.165) is 41.7 Å². The lowest BCUT2D eigenvalue weighted by Crippen LogP contribution is -2.33. The van der Waals surface area contributed by atoms with Gasteiger partial charge in [0.15, 0.2) is 0 Å². The van der Waals surface area contributed by atoms with Crippen LogP contribution in [-0.2, 0) is 11.3 Å². The molecule has 0 bridgehead atoms. The van der Waals surface area contributed by atoms with Gasteiger partial charge in [0, 0.05) is 36.3 Å². The highest BCUT2D eigenvalue weighted by Gasteiger charge is 2.31. The van der Waals surface area contributed by atoms with E-state index in [2.05, 4.69) is 26.0 Å². The number of hydrogen-bond donors (Lipinski definition) is 0. The molecule has 30 heavy (non-hydrogen) atoms. The summed E-state index contributed by atoms with van der Waals surface area (Å²) in [7, 11) is 1.75. The predicted octanol–water partition coefficient (Wildman–Crippen LogP) is 4.51. The molecule has 6 nitrogen and oxygen atoms in total. The van der Waals surface area contributed by atoms with Crippen molar-refractivity contribution in [3.8, 4) is 6.07 Å². The number of nitriles is 1. The van der Waals surface area contributed by atoms with Gasteiger partial charge in [-0.3, -0.25) is 9.78 Å². The normalized spacial score (nSPS) is 18.1.